The first kappa shape index (κ1) is 28.3. The number of rotatable bonds is 22. The van der Waals surface area contributed by atoms with Crippen LogP contribution in [0.15, 0.2) is 17.3 Å². The fraction of sp³-hybridized carbons (Fsp3) is 0.923. The van der Waals surface area contributed by atoms with Crippen LogP contribution in [0.4, 0.5) is 0 Å². The van der Waals surface area contributed by atoms with Crippen LogP contribution in [0.5, 0.6) is 0 Å². The highest BCUT2D eigenvalue weighted by molar-refractivity contribution is 5.09. The summed E-state index contributed by atoms with van der Waals surface area (Å²) in [7, 11) is 0. The molecule has 0 aliphatic heterocycles. The van der Waals surface area contributed by atoms with Crippen LogP contribution >= 0.6 is 0 Å². The summed E-state index contributed by atoms with van der Waals surface area (Å²) in [5.74, 6) is 0. The average molecular weight is 410 g/mol. The topological polar surface area (TPSA) is 38.7 Å². The van der Waals surface area contributed by atoms with Crippen LogP contribution in [0, 0.1) is 4.91 Å². The molecule has 0 aliphatic carbocycles. The van der Waals surface area contributed by atoms with Gasteiger partial charge in [0.25, 0.3) is 0 Å². The largest absolute Gasteiger partial charge is 0.371 e. The quantitative estimate of drug-likeness (QED) is 0.101. The molecule has 0 rings (SSSR count). The Kier molecular flexibility index (Phi) is 18.8. The van der Waals surface area contributed by atoms with Crippen molar-refractivity contribution in [2.45, 2.75) is 148 Å². The fourth-order valence-corrected chi connectivity index (χ4v) is 3.65. The molecule has 29 heavy (non-hydrogen) atoms. The summed E-state index contributed by atoms with van der Waals surface area (Å²) in [6.07, 6.45) is 22.6. The number of hydrogen-bond acceptors (Lipinski definition) is 3. The van der Waals surface area contributed by atoms with E-state index in [0.717, 1.165) is 6.42 Å². The van der Waals surface area contributed by atoms with Crippen molar-refractivity contribution in [1.29, 1.82) is 0 Å². The third-order valence-corrected chi connectivity index (χ3v) is 6.11. The minimum absolute atomic E-state index is 0.172. The summed E-state index contributed by atoms with van der Waals surface area (Å²) in [6, 6.07) is -0.172. The van der Waals surface area contributed by atoms with E-state index in [4.69, 9.17) is 4.74 Å². The molecule has 0 aromatic carbocycles. The summed E-state index contributed by atoms with van der Waals surface area (Å²) in [5.41, 5.74) is 0.859. The molecule has 172 valence electrons. The van der Waals surface area contributed by atoms with Crippen molar-refractivity contribution in [2.24, 2.45) is 5.18 Å². The number of ether oxygens (including phenoxy) is 1. The SMILES string of the molecule is C=C(CCCCCCCCCCCCCCCCC)C(C)(C)OCCC(C)N=O. The smallest absolute Gasteiger partial charge is 0.0913 e. The van der Waals surface area contributed by atoms with Gasteiger partial charge in [0.2, 0.25) is 0 Å². The van der Waals surface area contributed by atoms with Crippen LogP contribution in [0.25, 0.3) is 0 Å². The summed E-state index contributed by atoms with van der Waals surface area (Å²) in [5, 5.41) is 3.02. The normalized spacial score (nSPS) is 12.8. The van der Waals surface area contributed by atoms with Gasteiger partial charge < -0.3 is 4.74 Å². The van der Waals surface area contributed by atoms with E-state index in [0.29, 0.717) is 13.0 Å². The molecule has 0 aromatic heterocycles. The first-order chi connectivity index (χ1) is 13.9. The van der Waals surface area contributed by atoms with Crippen LogP contribution in [0.2, 0.25) is 0 Å². The van der Waals surface area contributed by atoms with Crippen molar-refractivity contribution in [3.8, 4) is 0 Å². The third kappa shape index (κ3) is 17.8. The molecule has 0 amide bonds. The van der Waals surface area contributed by atoms with Gasteiger partial charge in [0.15, 0.2) is 0 Å². The summed E-state index contributed by atoms with van der Waals surface area (Å²) in [4.78, 5) is 10.4. The molecule has 0 saturated heterocycles. The van der Waals surface area contributed by atoms with Crippen LogP contribution in [-0.2, 0) is 4.74 Å². The van der Waals surface area contributed by atoms with Crippen LogP contribution in [-0.4, -0.2) is 18.2 Å². The van der Waals surface area contributed by atoms with Crippen molar-refractivity contribution in [3.63, 3.8) is 0 Å². The lowest BCUT2D eigenvalue weighted by atomic mass is 9.93. The van der Waals surface area contributed by atoms with E-state index in [2.05, 4.69) is 32.5 Å². The van der Waals surface area contributed by atoms with Crippen molar-refractivity contribution < 1.29 is 4.74 Å². The predicted molar refractivity (Wildman–Crippen MR) is 129 cm³/mol. The van der Waals surface area contributed by atoms with Gasteiger partial charge >= 0.3 is 0 Å². The van der Waals surface area contributed by atoms with Gasteiger partial charge in [-0.2, -0.15) is 4.91 Å². The third-order valence-electron chi connectivity index (χ3n) is 6.11. The van der Waals surface area contributed by atoms with E-state index in [1.165, 1.54) is 102 Å². The van der Waals surface area contributed by atoms with Crippen LogP contribution in [0.3, 0.4) is 0 Å². The molecule has 0 N–H and O–H groups in total. The van der Waals surface area contributed by atoms with E-state index in [1.54, 1.807) is 0 Å². The highest BCUT2D eigenvalue weighted by atomic mass is 16.5. The number of nitroso groups, excluding NO2 is 1. The first-order valence-electron chi connectivity index (χ1n) is 12.6. The maximum Gasteiger partial charge on any atom is 0.0913 e. The molecule has 0 aliphatic rings. The Bertz CT molecular complexity index is 392. The lowest BCUT2D eigenvalue weighted by molar-refractivity contribution is 0.00567. The minimum Gasteiger partial charge on any atom is -0.371 e. The van der Waals surface area contributed by atoms with Gasteiger partial charge in [0.05, 0.1) is 11.6 Å². The zero-order valence-corrected chi connectivity index (χ0v) is 20.3. The molecule has 3 nitrogen and oxygen atoms in total. The number of hydrogen-bond donors (Lipinski definition) is 0. The van der Waals surface area contributed by atoms with E-state index in [1.807, 2.05) is 6.92 Å². The van der Waals surface area contributed by atoms with Gasteiger partial charge in [0.1, 0.15) is 0 Å². The van der Waals surface area contributed by atoms with Crippen LogP contribution in [0.1, 0.15) is 137 Å². The second-order valence-corrected chi connectivity index (χ2v) is 9.41. The maximum absolute atomic E-state index is 10.4. The van der Waals surface area contributed by atoms with Gasteiger partial charge in [0, 0.05) is 6.61 Å². The Balaban J connectivity index is 3.44. The standard InChI is InChI=1S/C26H51NO2/c1-6-7-8-9-10-11-12-13-14-15-16-17-18-19-20-21-24(2)26(4,5)29-23-22-25(3)27-28/h25H,2,6-23H2,1,3-5H3. The second-order valence-electron chi connectivity index (χ2n) is 9.41. The van der Waals surface area contributed by atoms with Gasteiger partial charge in [-0.25, -0.2) is 0 Å². The van der Waals surface area contributed by atoms with Gasteiger partial charge in [-0.1, -0.05) is 109 Å². The summed E-state index contributed by atoms with van der Waals surface area (Å²) < 4.78 is 5.94. The Hall–Kier alpha value is -0.700. The van der Waals surface area contributed by atoms with Crippen molar-refractivity contribution in [2.75, 3.05) is 6.61 Å². The second kappa shape index (κ2) is 19.3. The zero-order valence-electron chi connectivity index (χ0n) is 20.3. The summed E-state index contributed by atoms with van der Waals surface area (Å²) in [6.45, 7) is 13.1. The molecule has 0 spiro atoms. The van der Waals surface area contributed by atoms with Crippen molar-refractivity contribution >= 4 is 0 Å². The molecule has 0 saturated carbocycles. The molecular weight excluding hydrogens is 358 g/mol. The zero-order chi connectivity index (χ0) is 21.8. The number of nitrogens with zero attached hydrogens (tertiary/aromatic N) is 1. The Morgan fingerprint density at radius 2 is 1.24 bits per heavy atom. The molecule has 3 heteroatoms. The molecule has 1 atom stereocenters. The van der Waals surface area contributed by atoms with Crippen LogP contribution < -0.4 is 0 Å². The van der Waals surface area contributed by atoms with E-state index < -0.39 is 0 Å². The Morgan fingerprint density at radius 1 is 0.828 bits per heavy atom. The molecular formula is C26H51NO2. The highest BCUT2D eigenvalue weighted by Crippen LogP contribution is 2.25. The molecule has 0 aromatic rings. The molecule has 0 fully saturated rings. The van der Waals surface area contributed by atoms with Gasteiger partial charge in [-0.3, -0.25) is 0 Å². The Labute approximate surface area is 182 Å². The average Bonchev–Trinajstić information content (AvgIpc) is 2.70. The lowest BCUT2D eigenvalue weighted by Gasteiger charge is -2.28. The van der Waals surface area contributed by atoms with E-state index in [-0.39, 0.29) is 11.6 Å². The molecule has 0 bridgehead atoms. The van der Waals surface area contributed by atoms with Crippen molar-refractivity contribution in [1.82, 2.24) is 0 Å². The van der Waals surface area contributed by atoms with Gasteiger partial charge in [-0.15, -0.1) is 0 Å². The highest BCUT2D eigenvalue weighted by Gasteiger charge is 2.22. The first-order valence-corrected chi connectivity index (χ1v) is 12.6. The number of unbranched alkanes of at least 4 members (excludes halogenated alkanes) is 14. The van der Waals surface area contributed by atoms with E-state index >= 15 is 0 Å². The monoisotopic (exact) mass is 409 g/mol. The molecule has 0 radical (unpaired) electrons. The van der Waals surface area contributed by atoms with Crippen molar-refractivity contribution in [3.05, 3.63) is 17.1 Å². The van der Waals surface area contributed by atoms with Gasteiger partial charge in [-0.05, 0) is 45.6 Å². The predicted octanol–water partition coefficient (Wildman–Crippen LogP) is 9.14. The lowest BCUT2D eigenvalue weighted by Crippen LogP contribution is -2.28. The molecule has 0 heterocycles. The molecule has 1 unspecified atom stereocenters. The summed E-state index contributed by atoms with van der Waals surface area (Å²) >= 11 is 0. The fourth-order valence-electron chi connectivity index (χ4n) is 3.65. The van der Waals surface area contributed by atoms with E-state index in [9.17, 15) is 4.91 Å². The Morgan fingerprint density at radius 3 is 1.66 bits per heavy atom. The maximum atomic E-state index is 10.4. The minimum atomic E-state index is -0.307.